The van der Waals surface area contributed by atoms with Crippen LogP contribution >= 0.6 is 27.1 Å². The predicted octanol–water partition coefficient (Wildman–Crippen LogP) is 2.24. The van der Waals surface area contributed by atoms with E-state index in [1.54, 1.807) is 0 Å². The van der Waals surface area contributed by atoms with Gasteiger partial charge in [0.25, 0.3) is 0 Å². The molecule has 1 aliphatic carbocycles. The molecular weight excluding hydrogens is 328 g/mol. The molecule has 1 heterocycles. The third-order valence-corrected chi connectivity index (χ3v) is 4.72. The minimum Gasteiger partial charge on any atom is -0.549 e. The van der Waals surface area contributed by atoms with Gasteiger partial charge in [0.05, 0.1) is 0 Å². The van der Waals surface area contributed by atoms with Gasteiger partial charge in [-0.2, -0.15) is 8.75 Å². The summed E-state index contributed by atoms with van der Waals surface area (Å²) in [6, 6.07) is 0. The summed E-state index contributed by atoms with van der Waals surface area (Å²) in [6.07, 6.45) is 7.50. The maximum Gasteiger partial charge on any atom is 0.219 e. The van der Waals surface area contributed by atoms with Crippen molar-refractivity contribution >= 4 is 27.1 Å². The van der Waals surface area contributed by atoms with Crippen molar-refractivity contribution in [2.75, 3.05) is 18.4 Å². The van der Waals surface area contributed by atoms with Gasteiger partial charge in [0.2, 0.25) is 11.0 Å². The first-order chi connectivity index (χ1) is 9.29. The Morgan fingerprint density at radius 3 is 2.53 bits per heavy atom. The first-order valence-electron chi connectivity index (χ1n) is 6.90. The standard InChI is InChI=1S/C12H21BrN4OS/c13-7-4-8-14-11-12(17-19(18)16-11)15-9-10-5-2-1-3-6-10/h10H,1-9H2,(H,14,16)(H,15,17). The van der Waals surface area contributed by atoms with E-state index in [9.17, 15) is 4.55 Å². The molecule has 1 unspecified atom stereocenters. The lowest BCUT2D eigenvalue weighted by Crippen LogP contribution is -2.27. The second kappa shape index (κ2) is 8.01. The molecule has 1 aromatic heterocycles. The molecule has 0 amide bonds. The minimum absolute atomic E-state index is 0.648. The number of nitrogens with one attached hydrogen (secondary N) is 2. The number of hydrogen-bond donors (Lipinski definition) is 2. The van der Waals surface area contributed by atoms with Crippen LogP contribution in [0.25, 0.3) is 0 Å². The summed E-state index contributed by atoms with van der Waals surface area (Å²) in [5, 5.41) is 0.925. The molecule has 108 valence electrons. The zero-order valence-electron chi connectivity index (χ0n) is 11.0. The Balaban J connectivity index is 2.07. The molecule has 1 fully saturated rings. The van der Waals surface area contributed by atoms with Crippen molar-refractivity contribution in [1.82, 2.24) is 8.75 Å². The molecule has 0 radical (unpaired) electrons. The highest BCUT2D eigenvalue weighted by Gasteiger charge is 2.12. The normalized spacial score (nSPS) is 20.2. The van der Waals surface area contributed by atoms with Crippen LogP contribution in [0.2, 0.25) is 0 Å². The van der Waals surface area contributed by atoms with Gasteiger partial charge in [0, 0.05) is 18.4 Å². The van der Waals surface area contributed by atoms with Crippen LogP contribution in [-0.4, -0.2) is 31.7 Å². The molecule has 19 heavy (non-hydrogen) atoms. The Hall–Kier alpha value is -0.400. The predicted molar refractivity (Wildman–Crippen MR) is 79.6 cm³/mol. The average Bonchev–Trinajstić information content (AvgIpc) is 2.78. The average molecular weight is 349 g/mol. The highest BCUT2D eigenvalue weighted by atomic mass is 79.9. The van der Waals surface area contributed by atoms with Gasteiger partial charge in [-0.15, -0.1) is 0 Å². The second-order valence-electron chi connectivity index (χ2n) is 4.94. The van der Waals surface area contributed by atoms with E-state index in [1.807, 2.05) is 0 Å². The number of aromatic amines is 2. The van der Waals surface area contributed by atoms with E-state index < -0.39 is 11.1 Å². The fourth-order valence-electron chi connectivity index (χ4n) is 2.35. The van der Waals surface area contributed by atoms with Crippen LogP contribution < -0.4 is 11.0 Å². The molecule has 0 spiro atoms. The van der Waals surface area contributed by atoms with Crippen LogP contribution in [0.5, 0.6) is 0 Å². The summed E-state index contributed by atoms with van der Waals surface area (Å²) < 4.78 is 17.1. The summed E-state index contributed by atoms with van der Waals surface area (Å²) in [4.78, 5) is 8.96. The first-order valence-corrected chi connectivity index (χ1v) is 9.17. The highest BCUT2D eigenvalue weighted by molar-refractivity contribution is 9.09. The molecule has 0 aliphatic heterocycles. The third-order valence-electron chi connectivity index (χ3n) is 3.40. The fraction of sp³-hybridized carbons (Fsp3) is 0.833. The van der Waals surface area contributed by atoms with Crippen molar-refractivity contribution in [1.29, 1.82) is 0 Å². The number of rotatable bonds is 5. The molecule has 1 aliphatic rings. The molecule has 0 aromatic carbocycles. The number of alkyl halides is 1. The zero-order chi connectivity index (χ0) is 13.5. The number of H-pyrrole nitrogens is 2. The van der Waals surface area contributed by atoms with Gasteiger partial charge in [-0.1, -0.05) is 35.2 Å². The quantitative estimate of drug-likeness (QED) is 0.477. The van der Waals surface area contributed by atoms with Crippen molar-refractivity contribution in [3.05, 3.63) is 11.0 Å². The molecule has 1 aromatic rings. The third kappa shape index (κ3) is 4.89. The fourth-order valence-corrected chi connectivity index (χ4v) is 3.33. The van der Waals surface area contributed by atoms with Crippen LogP contribution in [0.4, 0.5) is 0 Å². The monoisotopic (exact) mass is 348 g/mol. The topological polar surface area (TPSA) is 79.4 Å². The van der Waals surface area contributed by atoms with Gasteiger partial charge in [-0.25, -0.2) is 0 Å². The number of aromatic nitrogens is 2. The Bertz CT molecular complexity index is 498. The van der Waals surface area contributed by atoms with Crippen LogP contribution in [0.3, 0.4) is 0 Å². The van der Waals surface area contributed by atoms with Gasteiger partial charge in [-0.05, 0) is 25.2 Å². The molecule has 5 nitrogen and oxygen atoms in total. The smallest absolute Gasteiger partial charge is 0.219 e. The minimum atomic E-state index is -1.27. The van der Waals surface area contributed by atoms with Crippen LogP contribution in [-0.2, 0) is 0 Å². The van der Waals surface area contributed by atoms with Crippen molar-refractivity contribution in [2.24, 2.45) is 15.9 Å². The summed E-state index contributed by atoms with van der Waals surface area (Å²) in [6.45, 7) is 1.54. The lowest BCUT2D eigenvalue weighted by molar-refractivity contribution is 0.364. The lowest BCUT2D eigenvalue weighted by Gasteiger charge is -2.18. The van der Waals surface area contributed by atoms with E-state index in [2.05, 4.69) is 34.7 Å². The Labute approximate surface area is 124 Å². The zero-order valence-corrected chi connectivity index (χ0v) is 13.4. The molecule has 2 rings (SSSR count). The maximum atomic E-state index is 11.5. The molecule has 1 atom stereocenters. The van der Waals surface area contributed by atoms with Crippen LogP contribution in [0.1, 0.15) is 38.5 Å². The summed E-state index contributed by atoms with van der Waals surface area (Å²) in [7, 11) is 0. The molecule has 2 N–H and O–H groups in total. The molecular formula is C12H21BrN4OS. The summed E-state index contributed by atoms with van der Waals surface area (Å²) in [5.41, 5.74) is 1.31. The van der Waals surface area contributed by atoms with Crippen molar-refractivity contribution in [3.8, 4) is 0 Å². The van der Waals surface area contributed by atoms with Crippen molar-refractivity contribution in [3.63, 3.8) is 0 Å². The number of nitrogens with zero attached hydrogens (tertiary/aromatic N) is 2. The maximum absolute atomic E-state index is 11.5. The number of halogens is 1. The van der Waals surface area contributed by atoms with E-state index in [0.717, 1.165) is 24.8 Å². The number of hydrogen-bond acceptors (Lipinski definition) is 3. The first kappa shape index (κ1) is 15.0. The highest BCUT2D eigenvalue weighted by Crippen LogP contribution is 2.23. The second-order valence-corrected chi connectivity index (χ2v) is 6.68. The van der Waals surface area contributed by atoms with Crippen LogP contribution in [0, 0.1) is 5.92 Å². The summed E-state index contributed by atoms with van der Waals surface area (Å²) in [5.74, 6) is 0.681. The largest absolute Gasteiger partial charge is 0.549 e. The van der Waals surface area contributed by atoms with Gasteiger partial charge in [0.1, 0.15) is 11.1 Å². The Morgan fingerprint density at radius 1 is 1.16 bits per heavy atom. The van der Waals surface area contributed by atoms with Crippen molar-refractivity contribution < 1.29 is 4.55 Å². The van der Waals surface area contributed by atoms with Gasteiger partial charge >= 0.3 is 0 Å². The lowest BCUT2D eigenvalue weighted by atomic mass is 9.89. The van der Waals surface area contributed by atoms with E-state index in [1.165, 1.54) is 32.1 Å². The Morgan fingerprint density at radius 2 is 1.84 bits per heavy atom. The van der Waals surface area contributed by atoms with Crippen molar-refractivity contribution in [2.45, 2.75) is 38.5 Å². The van der Waals surface area contributed by atoms with Gasteiger partial charge in [0.15, 0.2) is 0 Å². The van der Waals surface area contributed by atoms with E-state index in [-0.39, 0.29) is 0 Å². The van der Waals surface area contributed by atoms with Gasteiger partial charge in [-0.3, -0.25) is 9.98 Å². The van der Waals surface area contributed by atoms with E-state index in [4.69, 9.17) is 0 Å². The molecule has 7 heteroatoms. The van der Waals surface area contributed by atoms with E-state index >= 15 is 0 Å². The SMILES string of the molecule is [O-][s+]1[nH]c(=NCCCBr)c(=NCC2CCCCC2)[nH]1. The molecule has 1 saturated carbocycles. The van der Waals surface area contributed by atoms with Crippen LogP contribution in [0.15, 0.2) is 9.98 Å². The van der Waals surface area contributed by atoms with Gasteiger partial charge < -0.3 is 4.55 Å². The van der Waals surface area contributed by atoms with E-state index in [0.29, 0.717) is 16.9 Å². The molecule has 0 bridgehead atoms. The molecule has 0 saturated heterocycles. The summed E-state index contributed by atoms with van der Waals surface area (Å²) >= 11 is 2.11. The Kier molecular flexibility index (Phi) is 6.33.